The van der Waals surface area contributed by atoms with Crippen molar-refractivity contribution >= 4 is 33.5 Å². The molecule has 0 saturated heterocycles. The van der Waals surface area contributed by atoms with E-state index in [0.717, 1.165) is 35.0 Å². The van der Waals surface area contributed by atoms with E-state index in [4.69, 9.17) is 0 Å². The Balaban J connectivity index is 1.95. The number of nitrogens with zero attached hydrogens (tertiary/aromatic N) is 2. The Labute approximate surface area is 145 Å². The fourth-order valence-electron chi connectivity index (χ4n) is 2.08. The maximum Gasteiger partial charge on any atom is 0.254 e. The van der Waals surface area contributed by atoms with Crippen molar-refractivity contribution in [2.24, 2.45) is 0 Å². The summed E-state index contributed by atoms with van der Waals surface area (Å²) in [5, 5.41) is 6.02. The second-order valence-corrected chi connectivity index (χ2v) is 6.26. The number of aromatic nitrogens is 2. The van der Waals surface area contributed by atoms with Crippen LogP contribution in [-0.2, 0) is 0 Å². The van der Waals surface area contributed by atoms with Gasteiger partial charge in [0.2, 0.25) is 5.95 Å². The molecule has 0 radical (unpaired) electrons. The second-order valence-electron chi connectivity index (χ2n) is 5.34. The third-order valence-electron chi connectivity index (χ3n) is 3.41. The number of amides is 1. The van der Waals surface area contributed by atoms with Gasteiger partial charge in [0.05, 0.1) is 5.56 Å². The molecule has 2 aromatic rings. The van der Waals surface area contributed by atoms with Gasteiger partial charge >= 0.3 is 0 Å². The van der Waals surface area contributed by atoms with Gasteiger partial charge in [-0.25, -0.2) is 9.97 Å². The van der Waals surface area contributed by atoms with Crippen LogP contribution in [0.1, 0.15) is 42.1 Å². The quantitative estimate of drug-likeness (QED) is 0.710. The van der Waals surface area contributed by atoms with Crippen LogP contribution in [0.15, 0.2) is 35.1 Å². The molecule has 5 nitrogen and oxygen atoms in total. The summed E-state index contributed by atoms with van der Waals surface area (Å²) in [5.41, 5.74) is 2.49. The highest BCUT2D eigenvalue weighted by Crippen LogP contribution is 2.22. The lowest BCUT2D eigenvalue weighted by Crippen LogP contribution is -2.24. The van der Waals surface area contributed by atoms with E-state index < -0.39 is 0 Å². The largest absolute Gasteiger partial charge is 0.352 e. The van der Waals surface area contributed by atoms with Crippen molar-refractivity contribution in [2.45, 2.75) is 33.1 Å². The Hall–Kier alpha value is -1.95. The van der Waals surface area contributed by atoms with Gasteiger partial charge in [0.15, 0.2) is 0 Å². The van der Waals surface area contributed by atoms with Crippen LogP contribution in [0.2, 0.25) is 0 Å². The SMILES string of the molecule is CCCCCNC(=O)c1cnc(Nc2ccc(Br)cc2C)nc1. The number of rotatable bonds is 7. The van der Waals surface area contributed by atoms with Crippen LogP contribution in [0, 0.1) is 6.92 Å². The van der Waals surface area contributed by atoms with Gasteiger partial charge in [-0.3, -0.25) is 4.79 Å². The molecular weight excluding hydrogens is 356 g/mol. The zero-order valence-electron chi connectivity index (χ0n) is 13.4. The predicted molar refractivity (Wildman–Crippen MR) is 96.1 cm³/mol. The summed E-state index contributed by atoms with van der Waals surface area (Å²) in [5.74, 6) is 0.338. The standard InChI is InChI=1S/C17H21BrN4O/c1-3-4-5-8-19-16(23)13-10-20-17(21-11-13)22-15-7-6-14(18)9-12(15)2/h6-7,9-11H,3-5,8H2,1-2H3,(H,19,23)(H,20,21,22). The summed E-state index contributed by atoms with van der Waals surface area (Å²) < 4.78 is 1.02. The van der Waals surface area contributed by atoms with E-state index in [-0.39, 0.29) is 5.91 Å². The molecule has 1 heterocycles. The fourth-order valence-corrected chi connectivity index (χ4v) is 2.55. The summed E-state index contributed by atoms with van der Waals surface area (Å²) in [6, 6.07) is 5.92. The van der Waals surface area contributed by atoms with Gasteiger partial charge in [-0.15, -0.1) is 0 Å². The summed E-state index contributed by atoms with van der Waals surface area (Å²) in [7, 11) is 0. The number of carbonyl (C=O) groups excluding carboxylic acids is 1. The van der Waals surface area contributed by atoms with Gasteiger partial charge in [0.25, 0.3) is 5.91 Å². The monoisotopic (exact) mass is 376 g/mol. The third kappa shape index (κ3) is 5.32. The molecule has 0 unspecified atom stereocenters. The van der Waals surface area contributed by atoms with Gasteiger partial charge in [0.1, 0.15) is 0 Å². The molecule has 0 atom stereocenters. The van der Waals surface area contributed by atoms with E-state index in [1.54, 1.807) is 12.4 Å². The van der Waals surface area contributed by atoms with E-state index in [1.165, 1.54) is 0 Å². The van der Waals surface area contributed by atoms with Crippen LogP contribution < -0.4 is 10.6 Å². The average molecular weight is 377 g/mol. The lowest BCUT2D eigenvalue weighted by Gasteiger charge is -2.09. The van der Waals surface area contributed by atoms with E-state index in [2.05, 4.69) is 43.5 Å². The molecule has 1 aromatic carbocycles. The van der Waals surface area contributed by atoms with Crippen LogP contribution in [0.3, 0.4) is 0 Å². The van der Waals surface area contributed by atoms with Crippen molar-refractivity contribution in [1.29, 1.82) is 0 Å². The van der Waals surface area contributed by atoms with Gasteiger partial charge in [-0.1, -0.05) is 35.7 Å². The molecular formula is C17H21BrN4O. The molecule has 1 amide bonds. The highest BCUT2D eigenvalue weighted by molar-refractivity contribution is 9.10. The van der Waals surface area contributed by atoms with Crippen molar-refractivity contribution in [1.82, 2.24) is 15.3 Å². The van der Waals surface area contributed by atoms with Crippen molar-refractivity contribution in [3.63, 3.8) is 0 Å². The summed E-state index contributed by atoms with van der Waals surface area (Å²) >= 11 is 3.43. The molecule has 122 valence electrons. The van der Waals surface area contributed by atoms with Gasteiger partial charge < -0.3 is 10.6 Å². The molecule has 0 spiro atoms. The number of unbranched alkanes of at least 4 members (excludes halogenated alkanes) is 2. The Bertz CT molecular complexity index is 658. The molecule has 0 saturated carbocycles. The molecule has 2 N–H and O–H groups in total. The van der Waals surface area contributed by atoms with E-state index in [0.29, 0.717) is 18.1 Å². The normalized spacial score (nSPS) is 10.4. The van der Waals surface area contributed by atoms with Crippen LogP contribution in [0.5, 0.6) is 0 Å². The van der Waals surface area contributed by atoms with Crippen LogP contribution in [0.4, 0.5) is 11.6 Å². The lowest BCUT2D eigenvalue weighted by molar-refractivity contribution is 0.0952. The molecule has 23 heavy (non-hydrogen) atoms. The van der Waals surface area contributed by atoms with Crippen LogP contribution >= 0.6 is 15.9 Å². The lowest BCUT2D eigenvalue weighted by atomic mass is 10.2. The first kappa shape index (κ1) is 17.4. The molecule has 0 aliphatic heterocycles. The van der Waals surface area contributed by atoms with Crippen molar-refractivity contribution in [3.8, 4) is 0 Å². The smallest absolute Gasteiger partial charge is 0.254 e. The van der Waals surface area contributed by atoms with Crippen LogP contribution in [-0.4, -0.2) is 22.4 Å². The van der Waals surface area contributed by atoms with E-state index in [1.807, 2.05) is 25.1 Å². The number of hydrogen-bond acceptors (Lipinski definition) is 4. The minimum Gasteiger partial charge on any atom is -0.352 e. The number of aryl methyl sites for hydroxylation is 1. The highest BCUT2D eigenvalue weighted by Gasteiger charge is 2.07. The van der Waals surface area contributed by atoms with Crippen molar-refractivity contribution in [2.75, 3.05) is 11.9 Å². The minimum atomic E-state index is -0.132. The fraction of sp³-hybridized carbons (Fsp3) is 0.353. The van der Waals surface area contributed by atoms with Gasteiger partial charge in [-0.2, -0.15) is 0 Å². The summed E-state index contributed by atoms with van der Waals surface area (Å²) in [6.45, 7) is 4.82. The zero-order chi connectivity index (χ0) is 16.7. The molecule has 0 aliphatic carbocycles. The predicted octanol–water partition coefficient (Wildman–Crippen LogP) is 4.21. The first-order valence-electron chi connectivity index (χ1n) is 7.73. The topological polar surface area (TPSA) is 66.9 Å². The number of anilines is 2. The maximum absolute atomic E-state index is 12.0. The Morgan fingerprint density at radius 3 is 2.61 bits per heavy atom. The molecule has 1 aromatic heterocycles. The van der Waals surface area contributed by atoms with Gasteiger partial charge in [-0.05, 0) is 37.1 Å². The van der Waals surface area contributed by atoms with Crippen LogP contribution in [0.25, 0.3) is 0 Å². The number of benzene rings is 1. The Kier molecular flexibility index (Phi) is 6.52. The first-order chi connectivity index (χ1) is 11.1. The maximum atomic E-state index is 12.0. The van der Waals surface area contributed by atoms with Crippen molar-refractivity contribution in [3.05, 3.63) is 46.2 Å². The molecule has 0 aliphatic rings. The summed E-state index contributed by atoms with van der Waals surface area (Å²) in [6.07, 6.45) is 6.32. The summed E-state index contributed by atoms with van der Waals surface area (Å²) in [4.78, 5) is 20.4. The Morgan fingerprint density at radius 2 is 1.96 bits per heavy atom. The second kappa shape index (κ2) is 8.62. The molecule has 2 rings (SSSR count). The highest BCUT2D eigenvalue weighted by atomic mass is 79.9. The van der Waals surface area contributed by atoms with Gasteiger partial charge in [0, 0.05) is 29.1 Å². The Morgan fingerprint density at radius 1 is 1.22 bits per heavy atom. The molecule has 0 fully saturated rings. The third-order valence-corrected chi connectivity index (χ3v) is 3.91. The number of nitrogens with one attached hydrogen (secondary N) is 2. The number of carbonyl (C=O) groups is 1. The minimum absolute atomic E-state index is 0.132. The molecule has 6 heteroatoms. The first-order valence-corrected chi connectivity index (χ1v) is 8.53. The van der Waals surface area contributed by atoms with E-state index in [9.17, 15) is 4.79 Å². The van der Waals surface area contributed by atoms with Crippen molar-refractivity contribution < 1.29 is 4.79 Å². The zero-order valence-corrected chi connectivity index (χ0v) is 15.0. The number of halogens is 1. The van der Waals surface area contributed by atoms with E-state index >= 15 is 0 Å². The number of hydrogen-bond donors (Lipinski definition) is 2. The average Bonchev–Trinajstić information content (AvgIpc) is 2.55. The molecule has 0 bridgehead atoms.